The topological polar surface area (TPSA) is 341 Å². The van der Waals surface area contributed by atoms with E-state index in [1.165, 1.54) is 10.9 Å². The quantitative estimate of drug-likeness (QED) is 0.0738. The molecule has 23 nitrogen and oxygen atoms in total. The Bertz CT molecular complexity index is 1870. The molecule has 0 saturated carbocycles. The summed E-state index contributed by atoms with van der Waals surface area (Å²) in [5, 5.41) is 31.5. The number of imidazole rings is 2. The van der Waals surface area contributed by atoms with Crippen LogP contribution in [0.5, 0.6) is 0 Å². The number of nitrogens with two attached hydrogens (primary N) is 2. The van der Waals surface area contributed by atoms with Crippen LogP contribution >= 0.6 is 15.9 Å². The van der Waals surface area contributed by atoms with Crippen LogP contribution < -0.4 is 17.0 Å². The lowest BCUT2D eigenvalue weighted by molar-refractivity contribution is -0.0664. The fourth-order valence-electron chi connectivity index (χ4n) is 5.15. The van der Waals surface area contributed by atoms with Crippen LogP contribution in [0.2, 0.25) is 0 Å². The molecule has 10 atom stereocenters. The van der Waals surface area contributed by atoms with Crippen molar-refractivity contribution in [2.24, 2.45) is 0 Å². The molecule has 2 fully saturated rings. The number of anilines is 2. The first-order valence-electron chi connectivity index (χ1n) is 13.2. The van der Waals surface area contributed by atoms with Crippen molar-refractivity contribution in [3.8, 4) is 0 Å². The van der Waals surface area contributed by atoms with Gasteiger partial charge in [0.05, 0.1) is 25.9 Å². The van der Waals surface area contributed by atoms with Gasteiger partial charge in [-0.3, -0.25) is 28.0 Å². The van der Waals surface area contributed by atoms with E-state index in [0.29, 0.717) is 0 Å². The zero-order chi connectivity index (χ0) is 32.9. The van der Waals surface area contributed by atoms with Crippen molar-refractivity contribution >= 4 is 49.9 Å². The van der Waals surface area contributed by atoms with Gasteiger partial charge in [-0.05, 0) is 4.57 Å². The highest BCUT2D eigenvalue weighted by atomic mass is 31.2. The monoisotopic (exact) mass is 689 g/mol. The lowest BCUT2D eigenvalue weighted by atomic mass is 10.1. The molecule has 4 aromatic rings. The maximum Gasteiger partial charge on any atom is 0.534 e. The van der Waals surface area contributed by atoms with E-state index in [2.05, 4.69) is 29.9 Å². The Morgan fingerprint density at radius 1 is 1.00 bits per heavy atom. The van der Waals surface area contributed by atoms with Gasteiger partial charge in [-0.2, -0.15) is 9.88 Å². The number of phosphoric acid groups is 1. The number of ether oxygens (including phenoxy) is 3. The van der Waals surface area contributed by atoms with Crippen LogP contribution in [0.3, 0.4) is 0 Å². The van der Waals surface area contributed by atoms with Gasteiger partial charge >= 0.3 is 15.9 Å². The first kappa shape index (κ1) is 32.4. The molecule has 5 unspecified atom stereocenters. The molecule has 0 aromatic carbocycles. The molecule has 46 heavy (non-hydrogen) atoms. The first-order chi connectivity index (χ1) is 21.9. The number of fused-ring (bicyclic) bond motifs is 2. The number of hydrogen-bond acceptors (Lipinski definition) is 18. The molecular formula is C21H27N10O13P2+. The second-order valence-corrected chi connectivity index (χ2v) is 12.5. The van der Waals surface area contributed by atoms with Crippen molar-refractivity contribution in [1.29, 1.82) is 0 Å². The zero-order valence-electron chi connectivity index (χ0n) is 23.2. The van der Waals surface area contributed by atoms with Crippen molar-refractivity contribution < 1.29 is 57.5 Å². The molecule has 0 amide bonds. The number of hydrogen-bond donors (Lipinski definition) is 8. The SMILES string of the molecule is Nc1nc2c(ncn2[C@@H]2O[C@H](CO)C(O)C2OP(=O)(O)OC[C@H]2O[C@@H](n3cnc4c(N)ncnc43)C(OC[P+](=O)O)[C@H]2O)c(=O)[nH]1. The third-order valence-electron chi connectivity index (χ3n) is 7.23. The average molecular weight is 689 g/mol. The average Bonchev–Trinajstić information content (AvgIpc) is 3.76. The van der Waals surface area contributed by atoms with Crippen LogP contribution in [0.4, 0.5) is 11.8 Å². The molecule has 10 N–H and O–H groups in total. The molecule has 25 heteroatoms. The second-order valence-electron chi connectivity index (χ2n) is 10.1. The minimum atomic E-state index is -5.13. The largest absolute Gasteiger partial charge is 0.534 e. The van der Waals surface area contributed by atoms with Crippen LogP contribution in [0.25, 0.3) is 22.3 Å². The minimum Gasteiger partial charge on any atom is -0.394 e. The molecule has 6 heterocycles. The first-order valence-corrected chi connectivity index (χ1v) is 16.1. The van der Waals surface area contributed by atoms with Crippen molar-refractivity contribution in [2.45, 2.75) is 49.1 Å². The van der Waals surface area contributed by atoms with E-state index in [9.17, 15) is 39.0 Å². The number of aromatic nitrogens is 8. The van der Waals surface area contributed by atoms with Crippen molar-refractivity contribution in [3.05, 3.63) is 29.3 Å². The maximum atomic E-state index is 13.2. The highest BCUT2D eigenvalue weighted by Gasteiger charge is 2.51. The van der Waals surface area contributed by atoms with Gasteiger partial charge in [0.2, 0.25) is 5.95 Å². The van der Waals surface area contributed by atoms with Gasteiger partial charge < -0.3 is 45.9 Å². The summed E-state index contributed by atoms with van der Waals surface area (Å²) in [4.78, 5) is 54.5. The predicted octanol–water partition coefficient (Wildman–Crippen LogP) is -2.79. The van der Waals surface area contributed by atoms with E-state index in [-0.39, 0.29) is 34.1 Å². The molecule has 248 valence electrons. The summed E-state index contributed by atoms with van der Waals surface area (Å²) >= 11 is 0. The Morgan fingerprint density at radius 3 is 2.37 bits per heavy atom. The fraction of sp³-hybridized carbons (Fsp3) is 0.524. The molecule has 4 aromatic heterocycles. The Labute approximate surface area is 256 Å². The van der Waals surface area contributed by atoms with E-state index < -0.39 is 90.1 Å². The van der Waals surface area contributed by atoms with Gasteiger partial charge in [0.1, 0.15) is 48.5 Å². The number of phosphoric ester groups is 1. The standard InChI is InChI=1S/C21H26N10O13P2/c22-15-9-16(25-3-24-15)30(4-26-9)19-13(40-6-45(36)37)12(34)8(43-19)2-41-46(38,39)44-14-11(33)7(1-32)42-20(14)31-5-27-10-17(31)28-21(23)29-18(10)35/h3-5,7-8,11-14,19-20,32-34H,1-2,6H2,(H6-,22,23,24,25,28,29,35,36,37,38,39)/p+1/t7-,8-,11?,12+,13?,14?,19-,20-/m1/s1. The Kier molecular flexibility index (Phi) is 8.84. The third-order valence-corrected chi connectivity index (χ3v) is 8.58. The van der Waals surface area contributed by atoms with Gasteiger partial charge in [0.15, 0.2) is 35.1 Å². The number of aliphatic hydroxyl groups is 3. The lowest BCUT2D eigenvalue weighted by Crippen LogP contribution is -2.36. The fourth-order valence-corrected chi connectivity index (χ4v) is 6.39. The second kappa shape index (κ2) is 12.6. The summed E-state index contributed by atoms with van der Waals surface area (Å²) in [7, 11) is -7.91. The minimum absolute atomic E-state index is 0.0472. The van der Waals surface area contributed by atoms with E-state index in [1.807, 2.05) is 0 Å². The van der Waals surface area contributed by atoms with E-state index in [0.717, 1.165) is 17.2 Å². The number of aliphatic hydroxyl groups excluding tert-OH is 3. The zero-order valence-corrected chi connectivity index (χ0v) is 24.9. The molecule has 2 aliphatic heterocycles. The van der Waals surface area contributed by atoms with Gasteiger partial charge in [-0.1, -0.05) is 0 Å². The molecule has 2 aliphatic rings. The molecule has 0 spiro atoms. The van der Waals surface area contributed by atoms with E-state index >= 15 is 0 Å². The van der Waals surface area contributed by atoms with Crippen LogP contribution in [0.1, 0.15) is 12.5 Å². The predicted molar refractivity (Wildman–Crippen MR) is 149 cm³/mol. The van der Waals surface area contributed by atoms with Crippen LogP contribution in [-0.4, -0.2) is 120 Å². The van der Waals surface area contributed by atoms with Crippen molar-refractivity contribution in [2.75, 3.05) is 31.0 Å². The number of nitrogens with zero attached hydrogens (tertiary/aromatic N) is 7. The van der Waals surface area contributed by atoms with Crippen molar-refractivity contribution in [1.82, 2.24) is 39.0 Å². The highest BCUT2D eigenvalue weighted by molar-refractivity contribution is 7.47. The van der Waals surface area contributed by atoms with Gasteiger partial charge in [0, 0.05) is 0 Å². The van der Waals surface area contributed by atoms with E-state index in [1.54, 1.807) is 0 Å². The molecule has 0 bridgehead atoms. The number of aromatic amines is 1. The molecule has 0 aliphatic carbocycles. The molecule has 6 rings (SSSR count). The number of nitrogens with one attached hydrogen (secondary N) is 1. The molecule has 2 saturated heterocycles. The van der Waals surface area contributed by atoms with Gasteiger partial charge in [-0.15, -0.1) is 0 Å². The number of rotatable bonds is 11. The highest BCUT2D eigenvalue weighted by Crippen LogP contribution is 2.50. The van der Waals surface area contributed by atoms with Gasteiger partial charge in [0.25, 0.3) is 11.9 Å². The third kappa shape index (κ3) is 5.99. The number of nitrogen functional groups attached to an aromatic ring is 2. The van der Waals surface area contributed by atoms with Crippen LogP contribution in [-0.2, 0) is 32.4 Å². The maximum absolute atomic E-state index is 13.2. The van der Waals surface area contributed by atoms with Crippen LogP contribution in [0, 0.1) is 0 Å². The summed E-state index contributed by atoms with van der Waals surface area (Å²) < 4.78 is 54.3. The Morgan fingerprint density at radius 2 is 1.65 bits per heavy atom. The summed E-state index contributed by atoms with van der Waals surface area (Å²) in [6, 6.07) is 0. The summed E-state index contributed by atoms with van der Waals surface area (Å²) in [6.45, 7) is -1.51. The lowest BCUT2D eigenvalue weighted by Gasteiger charge is -2.25. The molecular weight excluding hydrogens is 662 g/mol. The summed E-state index contributed by atoms with van der Waals surface area (Å²) in [5.74, 6) is -0.225. The smallest absolute Gasteiger partial charge is 0.394 e. The van der Waals surface area contributed by atoms with E-state index in [4.69, 9.17) is 34.7 Å². The van der Waals surface area contributed by atoms with Crippen molar-refractivity contribution in [3.63, 3.8) is 0 Å². The summed E-state index contributed by atoms with van der Waals surface area (Å²) in [5.41, 5.74) is 10.9. The summed E-state index contributed by atoms with van der Waals surface area (Å²) in [6.07, 6.45) is -8.79. The normalized spacial score (nSPS) is 29.9. The number of H-pyrrole nitrogens is 1. The molecule has 0 radical (unpaired) electrons. The van der Waals surface area contributed by atoms with Crippen LogP contribution in [0.15, 0.2) is 23.8 Å². The Balaban J connectivity index is 1.21. The van der Waals surface area contributed by atoms with Gasteiger partial charge in [-0.25, -0.2) is 24.5 Å². The Hall–Kier alpha value is -3.57.